The monoisotopic (exact) mass is 964 g/mol. The van der Waals surface area contributed by atoms with Crippen molar-refractivity contribution in [2.75, 3.05) is 46.2 Å². The lowest BCUT2D eigenvalue weighted by molar-refractivity contribution is -0.150. The predicted molar refractivity (Wildman–Crippen MR) is 273 cm³/mol. The van der Waals surface area contributed by atoms with Crippen LogP contribution in [-0.2, 0) is 25.4 Å². The summed E-state index contributed by atoms with van der Waals surface area (Å²) in [6.45, 7) is 12.3. The topological polar surface area (TPSA) is 142 Å². The minimum Gasteiger partial charge on any atom is -0.494 e. The second kappa shape index (κ2) is 26.3. The van der Waals surface area contributed by atoms with Gasteiger partial charge in [-0.15, -0.1) is 0 Å². The SMILES string of the molecule is C=CC(=O)OCCCCCCOc1ccc2cc(C(=O)Oc3ccc(OC(=O)c4ccc5cc(OC(=O)c6ccc(OCCCCCCOCC7(CC)COC7)cc6)ccc5c4)c(CCC)c3)ccc2c1. The lowest BCUT2D eigenvalue weighted by Crippen LogP contribution is -2.45. The summed E-state index contributed by atoms with van der Waals surface area (Å²) < 4.78 is 45.5. The van der Waals surface area contributed by atoms with Crippen LogP contribution in [0.1, 0.15) is 115 Å². The fourth-order valence-corrected chi connectivity index (χ4v) is 8.11. The highest BCUT2D eigenvalue weighted by atomic mass is 16.6. The van der Waals surface area contributed by atoms with Gasteiger partial charge in [0.15, 0.2) is 0 Å². The molecule has 0 unspecified atom stereocenters. The molecule has 372 valence electrons. The molecule has 0 radical (unpaired) electrons. The number of benzene rings is 6. The summed E-state index contributed by atoms with van der Waals surface area (Å²) in [5, 5.41) is 3.34. The molecule has 12 heteroatoms. The molecule has 1 aliphatic rings. The van der Waals surface area contributed by atoms with E-state index in [1.54, 1.807) is 91.0 Å². The Kier molecular flexibility index (Phi) is 19.2. The number of hydrogen-bond acceptors (Lipinski definition) is 12. The number of rotatable bonds is 28. The van der Waals surface area contributed by atoms with Gasteiger partial charge in [0.2, 0.25) is 0 Å². The summed E-state index contributed by atoms with van der Waals surface area (Å²) in [5.74, 6) is 0.583. The van der Waals surface area contributed by atoms with E-state index in [9.17, 15) is 19.2 Å². The third-order valence-electron chi connectivity index (χ3n) is 12.5. The van der Waals surface area contributed by atoms with E-state index in [0.717, 1.165) is 123 Å². The van der Waals surface area contributed by atoms with E-state index in [1.807, 2.05) is 31.2 Å². The van der Waals surface area contributed by atoms with Crippen LogP contribution in [0.4, 0.5) is 0 Å². The van der Waals surface area contributed by atoms with Crippen LogP contribution in [0.25, 0.3) is 21.5 Å². The number of hydrogen-bond donors (Lipinski definition) is 0. The minimum atomic E-state index is -0.538. The molecular weight excluding hydrogens is 901 g/mol. The lowest BCUT2D eigenvalue weighted by atomic mass is 9.84. The van der Waals surface area contributed by atoms with Crippen LogP contribution in [0.2, 0.25) is 0 Å². The molecule has 1 heterocycles. The van der Waals surface area contributed by atoms with Crippen LogP contribution in [0.3, 0.4) is 0 Å². The van der Waals surface area contributed by atoms with Gasteiger partial charge in [-0.05, 0) is 176 Å². The molecule has 1 saturated heterocycles. The number of esters is 4. The number of carbonyl (C=O) groups excluding carboxylic acids is 4. The summed E-state index contributed by atoms with van der Waals surface area (Å²) in [6.07, 6.45) is 11.3. The zero-order valence-corrected chi connectivity index (χ0v) is 40.9. The van der Waals surface area contributed by atoms with Crippen molar-refractivity contribution < 1.29 is 57.1 Å². The number of aryl methyl sites for hydroxylation is 1. The van der Waals surface area contributed by atoms with Gasteiger partial charge in [-0.1, -0.05) is 57.5 Å². The smallest absolute Gasteiger partial charge is 0.343 e. The molecule has 0 aliphatic carbocycles. The third-order valence-corrected chi connectivity index (χ3v) is 12.5. The number of ether oxygens (including phenoxy) is 8. The van der Waals surface area contributed by atoms with E-state index in [0.29, 0.717) is 65.9 Å². The van der Waals surface area contributed by atoms with Gasteiger partial charge in [-0.25, -0.2) is 19.2 Å². The largest absolute Gasteiger partial charge is 0.494 e. The van der Waals surface area contributed by atoms with Gasteiger partial charge in [0.25, 0.3) is 0 Å². The van der Waals surface area contributed by atoms with Gasteiger partial charge in [-0.3, -0.25) is 0 Å². The van der Waals surface area contributed by atoms with Crippen LogP contribution >= 0.6 is 0 Å². The first kappa shape index (κ1) is 51.8. The molecule has 0 atom stereocenters. The van der Waals surface area contributed by atoms with Crippen LogP contribution in [0.15, 0.2) is 128 Å². The van der Waals surface area contributed by atoms with E-state index in [-0.39, 0.29) is 5.41 Å². The van der Waals surface area contributed by atoms with E-state index >= 15 is 0 Å². The van der Waals surface area contributed by atoms with Crippen molar-refractivity contribution >= 4 is 45.4 Å². The summed E-state index contributed by atoms with van der Waals surface area (Å²) >= 11 is 0. The molecule has 0 saturated carbocycles. The summed E-state index contributed by atoms with van der Waals surface area (Å²) in [7, 11) is 0. The zero-order chi connectivity index (χ0) is 49.8. The molecule has 0 aromatic heterocycles. The van der Waals surface area contributed by atoms with E-state index < -0.39 is 23.9 Å². The fraction of sp³-hybridized carbons (Fsp3) is 0.356. The molecule has 7 rings (SSSR count). The predicted octanol–water partition coefficient (Wildman–Crippen LogP) is 12.7. The fourth-order valence-electron chi connectivity index (χ4n) is 8.11. The first-order valence-electron chi connectivity index (χ1n) is 24.8. The van der Waals surface area contributed by atoms with Gasteiger partial charge in [0.1, 0.15) is 28.7 Å². The molecule has 0 spiro atoms. The van der Waals surface area contributed by atoms with Crippen molar-refractivity contribution in [1.29, 1.82) is 0 Å². The van der Waals surface area contributed by atoms with Gasteiger partial charge in [0, 0.05) is 18.1 Å². The van der Waals surface area contributed by atoms with Crippen molar-refractivity contribution in [2.24, 2.45) is 5.41 Å². The molecule has 0 N–H and O–H groups in total. The Morgan fingerprint density at radius 2 is 1.03 bits per heavy atom. The molecule has 0 amide bonds. The minimum absolute atomic E-state index is 0.231. The Morgan fingerprint density at radius 1 is 0.535 bits per heavy atom. The highest BCUT2D eigenvalue weighted by Gasteiger charge is 2.36. The summed E-state index contributed by atoms with van der Waals surface area (Å²) in [6, 6.07) is 33.4. The average Bonchev–Trinajstić information content (AvgIpc) is 3.37. The standard InChI is InChI=1S/C59H64O12/c1-4-15-47-38-53(70-57(62)48-18-16-45-36-51(26-22-43(45)34-48)67-32-13-9-10-14-33-68-55(60)5-2)28-29-54(47)71-58(63)49-19-17-46-37-52(27-23-44(46)35-49)69-56(61)42-20-24-50(25-21-42)66-31-12-8-7-11-30-64-39-59(6-3)40-65-41-59/h5,16-29,34-38H,2,4,6-15,30-33,39-41H2,1,3H3. The molecular formula is C59H64O12. The highest BCUT2D eigenvalue weighted by molar-refractivity contribution is 5.98. The normalized spacial score (nSPS) is 12.7. The average molecular weight is 965 g/mol. The number of unbranched alkanes of at least 4 members (excludes halogenated alkanes) is 6. The molecule has 0 bridgehead atoms. The van der Waals surface area contributed by atoms with Crippen LogP contribution < -0.4 is 23.7 Å². The van der Waals surface area contributed by atoms with Crippen molar-refractivity contribution in [3.8, 4) is 28.7 Å². The summed E-state index contributed by atoms with van der Waals surface area (Å²) in [5.41, 5.74) is 2.10. The van der Waals surface area contributed by atoms with Gasteiger partial charge < -0.3 is 37.9 Å². The van der Waals surface area contributed by atoms with Gasteiger partial charge >= 0.3 is 23.9 Å². The van der Waals surface area contributed by atoms with Crippen molar-refractivity contribution in [3.05, 3.63) is 150 Å². The maximum Gasteiger partial charge on any atom is 0.343 e. The lowest BCUT2D eigenvalue weighted by Gasteiger charge is -2.40. The molecule has 1 aliphatic heterocycles. The van der Waals surface area contributed by atoms with Gasteiger partial charge in [-0.2, -0.15) is 0 Å². The Hall–Kier alpha value is -7.02. The van der Waals surface area contributed by atoms with E-state index in [4.69, 9.17) is 37.9 Å². The van der Waals surface area contributed by atoms with E-state index in [1.165, 1.54) is 6.08 Å². The second-order valence-electron chi connectivity index (χ2n) is 18.0. The van der Waals surface area contributed by atoms with Gasteiger partial charge in [0.05, 0.1) is 56.3 Å². The summed E-state index contributed by atoms with van der Waals surface area (Å²) in [4.78, 5) is 51.0. The third kappa shape index (κ3) is 15.2. The van der Waals surface area contributed by atoms with E-state index in [2.05, 4.69) is 13.5 Å². The molecule has 1 fully saturated rings. The molecule has 71 heavy (non-hydrogen) atoms. The molecule has 6 aromatic carbocycles. The first-order chi connectivity index (χ1) is 34.6. The van der Waals surface area contributed by atoms with Crippen molar-refractivity contribution in [2.45, 2.75) is 84.5 Å². The maximum absolute atomic E-state index is 13.5. The Balaban J connectivity index is 0.845. The van der Waals surface area contributed by atoms with Crippen molar-refractivity contribution in [3.63, 3.8) is 0 Å². The van der Waals surface area contributed by atoms with Crippen LogP contribution in [0, 0.1) is 5.41 Å². The molecule has 12 nitrogen and oxygen atoms in total. The first-order valence-corrected chi connectivity index (χ1v) is 24.8. The Labute approximate surface area is 416 Å². The van der Waals surface area contributed by atoms with Crippen LogP contribution in [-0.4, -0.2) is 70.1 Å². The second-order valence-corrected chi connectivity index (χ2v) is 18.0. The van der Waals surface area contributed by atoms with Crippen molar-refractivity contribution in [1.82, 2.24) is 0 Å². The Morgan fingerprint density at radius 3 is 1.63 bits per heavy atom. The van der Waals surface area contributed by atoms with Crippen LogP contribution in [0.5, 0.6) is 28.7 Å². The quantitative estimate of drug-likeness (QED) is 0.0200. The number of fused-ring (bicyclic) bond motifs is 2. The maximum atomic E-state index is 13.5. The number of carbonyl (C=O) groups is 4. The zero-order valence-electron chi connectivity index (χ0n) is 40.9. The molecule has 6 aromatic rings. The highest BCUT2D eigenvalue weighted by Crippen LogP contribution is 2.32. The Bertz CT molecular complexity index is 2750.